The number of anilines is 1. The first kappa shape index (κ1) is 33.1. The first-order chi connectivity index (χ1) is 21.9. The highest BCUT2D eigenvalue weighted by molar-refractivity contribution is 7.99. The van der Waals surface area contributed by atoms with Crippen molar-refractivity contribution in [1.29, 1.82) is 0 Å². The van der Waals surface area contributed by atoms with E-state index in [1.54, 1.807) is 16.7 Å². The predicted molar refractivity (Wildman–Crippen MR) is 169 cm³/mol. The number of amides is 2. The Labute approximate surface area is 265 Å². The summed E-state index contributed by atoms with van der Waals surface area (Å²) in [6.07, 6.45) is 0. The summed E-state index contributed by atoms with van der Waals surface area (Å²) in [4.78, 5) is 26.0. The molecule has 0 radical (unpaired) electrons. The van der Waals surface area contributed by atoms with Crippen molar-refractivity contribution < 1.29 is 32.9 Å². The second-order valence-corrected chi connectivity index (χ2v) is 10.2. The van der Waals surface area contributed by atoms with Gasteiger partial charge in [0.15, 0.2) is 22.5 Å². The normalized spacial score (nSPS) is 10.7. The number of halogens is 1. The number of ether oxygens (including phenoxy) is 4. The van der Waals surface area contributed by atoms with Gasteiger partial charge < -0.3 is 29.6 Å². The molecule has 3 aromatic carbocycles. The van der Waals surface area contributed by atoms with E-state index in [0.29, 0.717) is 77.3 Å². The molecule has 11 nitrogen and oxygen atoms in total. The van der Waals surface area contributed by atoms with Crippen LogP contribution in [0.1, 0.15) is 43.9 Å². The average molecular weight is 638 g/mol. The van der Waals surface area contributed by atoms with Crippen molar-refractivity contribution in [2.75, 3.05) is 37.5 Å². The van der Waals surface area contributed by atoms with E-state index >= 15 is 0 Å². The molecule has 0 aliphatic heterocycles. The van der Waals surface area contributed by atoms with Crippen LogP contribution in [-0.2, 0) is 11.3 Å². The van der Waals surface area contributed by atoms with Crippen LogP contribution >= 0.6 is 11.8 Å². The quantitative estimate of drug-likeness (QED) is 0.150. The summed E-state index contributed by atoms with van der Waals surface area (Å²) in [5, 5.41) is 14.7. The van der Waals surface area contributed by atoms with Crippen LogP contribution in [0, 0.1) is 5.82 Å². The van der Waals surface area contributed by atoms with E-state index in [2.05, 4.69) is 20.8 Å². The Hall–Kier alpha value is -4.78. The van der Waals surface area contributed by atoms with Crippen LogP contribution in [0.15, 0.2) is 65.8 Å². The molecular formula is C32H36FN5O6S. The maximum Gasteiger partial charge on any atom is 0.251 e. The van der Waals surface area contributed by atoms with Crippen molar-refractivity contribution in [1.82, 2.24) is 20.1 Å². The van der Waals surface area contributed by atoms with Gasteiger partial charge in [-0.3, -0.25) is 14.2 Å². The number of nitrogens with zero attached hydrogens (tertiary/aromatic N) is 3. The number of rotatable bonds is 16. The molecule has 2 N–H and O–H groups in total. The highest BCUT2D eigenvalue weighted by atomic mass is 32.2. The molecule has 0 fully saturated rings. The molecular weight excluding hydrogens is 601 g/mol. The van der Waals surface area contributed by atoms with E-state index < -0.39 is 5.82 Å². The first-order valence-electron chi connectivity index (χ1n) is 14.6. The molecule has 0 unspecified atom stereocenters. The van der Waals surface area contributed by atoms with Crippen molar-refractivity contribution >= 4 is 29.3 Å². The van der Waals surface area contributed by atoms with Crippen LogP contribution in [0.25, 0.3) is 5.69 Å². The van der Waals surface area contributed by atoms with Gasteiger partial charge in [0.05, 0.1) is 38.7 Å². The molecule has 45 heavy (non-hydrogen) atoms. The van der Waals surface area contributed by atoms with E-state index in [4.69, 9.17) is 18.9 Å². The molecule has 0 bridgehead atoms. The number of nitrogens with one attached hydrogen (secondary N) is 2. The Bertz CT molecular complexity index is 1550. The highest BCUT2D eigenvalue weighted by Crippen LogP contribution is 2.39. The fourth-order valence-corrected chi connectivity index (χ4v) is 5.04. The molecule has 4 aromatic rings. The van der Waals surface area contributed by atoms with E-state index in [-0.39, 0.29) is 24.1 Å². The minimum Gasteiger partial charge on any atom is -0.494 e. The fraction of sp³-hybridized carbons (Fsp3) is 0.312. The van der Waals surface area contributed by atoms with Crippen LogP contribution < -0.4 is 29.6 Å². The summed E-state index contributed by atoms with van der Waals surface area (Å²) in [6.45, 7) is 9.17. The second kappa shape index (κ2) is 16.3. The molecule has 238 valence electrons. The lowest BCUT2D eigenvalue weighted by Crippen LogP contribution is -2.25. The monoisotopic (exact) mass is 637 g/mol. The minimum absolute atomic E-state index is 0.0193. The molecule has 2 amide bonds. The molecule has 13 heteroatoms. The zero-order valence-corrected chi connectivity index (χ0v) is 26.4. The van der Waals surface area contributed by atoms with Crippen molar-refractivity contribution in [2.24, 2.45) is 0 Å². The third-order valence-corrected chi connectivity index (χ3v) is 7.07. The van der Waals surface area contributed by atoms with Crippen molar-refractivity contribution in [3.63, 3.8) is 0 Å². The van der Waals surface area contributed by atoms with Crippen LogP contribution in [0.5, 0.6) is 23.0 Å². The molecule has 4 rings (SSSR count). The average Bonchev–Trinajstić information content (AvgIpc) is 3.45. The molecule has 1 aromatic heterocycles. The number of carbonyl (C=O) groups is 2. The molecule has 1 heterocycles. The molecule has 0 atom stereocenters. The van der Waals surface area contributed by atoms with Gasteiger partial charge in [0.2, 0.25) is 11.7 Å². The number of carbonyl (C=O) groups excluding carboxylic acids is 2. The summed E-state index contributed by atoms with van der Waals surface area (Å²) in [5.41, 5.74) is 1.52. The Morgan fingerprint density at radius 2 is 1.44 bits per heavy atom. The zero-order valence-electron chi connectivity index (χ0n) is 25.6. The van der Waals surface area contributed by atoms with E-state index in [1.165, 1.54) is 36.0 Å². The lowest BCUT2D eigenvalue weighted by Gasteiger charge is -2.17. The highest BCUT2D eigenvalue weighted by Gasteiger charge is 2.21. The third kappa shape index (κ3) is 8.88. The van der Waals surface area contributed by atoms with E-state index in [1.807, 2.05) is 52.0 Å². The Kier molecular flexibility index (Phi) is 12.0. The van der Waals surface area contributed by atoms with Gasteiger partial charge in [-0.05, 0) is 88.4 Å². The molecule has 0 spiro atoms. The first-order valence-corrected chi connectivity index (χ1v) is 15.6. The third-order valence-electron chi connectivity index (χ3n) is 6.15. The van der Waals surface area contributed by atoms with Gasteiger partial charge in [-0.2, -0.15) is 0 Å². The van der Waals surface area contributed by atoms with Gasteiger partial charge in [0.25, 0.3) is 5.91 Å². The Morgan fingerprint density at radius 3 is 2.04 bits per heavy atom. The van der Waals surface area contributed by atoms with Gasteiger partial charge in [0.1, 0.15) is 11.6 Å². The Morgan fingerprint density at radius 1 is 0.822 bits per heavy atom. The van der Waals surface area contributed by atoms with Gasteiger partial charge in [-0.1, -0.05) is 11.8 Å². The van der Waals surface area contributed by atoms with Crippen LogP contribution in [0.3, 0.4) is 0 Å². The topological polar surface area (TPSA) is 126 Å². The molecule has 0 saturated heterocycles. The maximum absolute atomic E-state index is 13.4. The lowest BCUT2D eigenvalue weighted by atomic mass is 10.1. The minimum atomic E-state index is -0.391. The smallest absolute Gasteiger partial charge is 0.251 e. The van der Waals surface area contributed by atoms with Crippen molar-refractivity contribution in [3.8, 4) is 28.7 Å². The standard InChI is InChI=1S/C32H36FN5O6S/c1-5-41-25-15-13-24(14-16-25)38-28(36-37-32(38)45-20-29(39)35-23-11-9-22(33)10-12-23)19-34-31(40)21-17-26(42-6-2)30(44-8-4)27(18-21)43-7-3/h9-18H,5-8,19-20H2,1-4H3,(H,34,40)(H,35,39). The predicted octanol–water partition coefficient (Wildman–Crippen LogP) is 5.66. The summed E-state index contributed by atoms with van der Waals surface area (Å²) in [7, 11) is 0. The van der Waals surface area contributed by atoms with Gasteiger partial charge >= 0.3 is 0 Å². The van der Waals surface area contributed by atoms with Gasteiger partial charge in [-0.25, -0.2) is 4.39 Å². The molecule has 0 aliphatic rings. The van der Waals surface area contributed by atoms with Gasteiger partial charge in [-0.15, -0.1) is 10.2 Å². The maximum atomic E-state index is 13.4. The summed E-state index contributed by atoms with van der Waals surface area (Å²) in [5.74, 6) is 1.35. The number of thioether (sulfide) groups is 1. The van der Waals surface area contributed by atoms with Crippen LogP contribution in [0.4, 0.5) is 10.1 Å². The zero-order chi connectivity index (χ0) is 32.2. The lowest BCUT2D eigenvalue weighted by molar-refractivity contribution is -0.113. The molecule has 0 aliphatic carbocycles. The largest absolute Gasteiger partial charge is 0.494 e. The number of aromatic nitrogens is 3. The van der Waals surface area contributed by atoms with Gasteiger partial charge in [0, 0.05) is 16.9 Å². The van der Waals surface area contributed by atoms with E-state index in [0.717, 1.165) is 0 Å². The summed E-state index contributed by atoms with van der Waals surface area (Å²) >= 11 is 1.17. The molecule has 0 saturated carbocycles. The van der Waals surface area contributed by atoms with Crippen molar-refractivity contribution in [3.05, 3.63) is 77.9 Å². The van der Waals surface area contributed by atoms with Crippen LogP contribution in [0.2, 0.25) is 0 Å². The van der Waals surface area contributed by atoms with E-state index in [9.17, 15) is 14.0 Å². The number of benzene rings is 3. The summed E-state index contributed by atoms with van der Waals surface area (Å²) < 4.78 is 37.8. The SMILES string of the molecule is CCOc1ccc(-n2c(CNC(=O)c3cc(OCC)c(OCC)c(OCC)c3)nnc2SCC(=O)Nc2ccc(F)cc2)cc1. The van der Waals surface area contributed by atoms with Crippen molar-refractivity contribution in [2.45, 2.75) is 39.4 Å². The summed E-state index contributed by atoms with van der Waals surface area (Å²) in [6, 6.07) is 16.1. The van der Waals surface area contributed by atoms with Crippen LogP contribution in [-0.4, -0.2) is 58.8 Å². The number of hydrogen-bond acceptors (Lipinski definition) is 9. The number of hydrogen-bond donors (Lipinski definition) is 2. The fourth-order valence-electron chi connectivity index (χ4n) is 4.27. The second-order valence-electron chi connectivity index (χ2n) is 9.29. The Balaban J connectivity index is 1.56.